The van der Waals surface area contributed by atoms with Gasteiger partial charge in [-0.2, -0.15) is 5.10 Å². The maximum atomic E-state index is 12.5. The van der Waals surface area contributed by atoms with Crippen LogP contribution in [0.25, 0.3) is 11.3 Å². The highest BCUT2D eigenvalue weighted by Gasteiger charge is 2.13. The first-order chi connectivity index (χ1) is 13.2. The summed E-state index contributed by atoms with van der Waals surface area (Å²) in [6.07, 6.45) is 0. The molecular weight excluding hydrogens is 336 g/mol. The van der Waals surface area contributed by atoms with Gasteiger partial charge in [0.25, 0.3) is 5.91 Å². The highest BCUT2D eigenvalue weighted by atomic mass is 16.1. The Labute approximate surface area is 160 Å². The molecule has 0 radical (unpaired) electrons. The molecule has 0 unspecified atom stereocenters. The van der Waals surface area contributed by atoms with Crippen LogP contribution in [0.15, 0.2) is 60.7 Å². The lowest BCUT2D eigenvalue weighted by Gasteiger charge is -2.17. The van der Waals surface area contributed by atoms with E-state index in [2.05, 4.69) is 47.6 Å². The van der Waals surface area contributed by atoms with Crippen molar-refractivity contribution in [2.24, 2.45) is 0 Å². The molecule has 0 spiro atoms. The molecule has 0 aliphatic heterocycles. The van der Waals surface area contributed by atoms with Gasteiger partial charge in [0.05, 0.1) is 18.8 Å². The number of hydrogen-bond donors (Lipinski definition) is 3. The van der Waals surface area contributed by atoms with Crippen LogP contribution >= 0.6 is 0 Å². The summed E-state index contributed by atoms with van der Waals surface area (Å²) < 4.78 is 0. The molecular formula is C22H27N4O+. The van der Waals surface area contributed by atoms with Gasteiger partial charge in [-0.1, -0.05) is 54.6 Å². The van der Waals surface area contributed by atoms with Crippen molar-refractivity contribution in [2.75, 3.05) is 13.1 Å². The number of H-pyrrole nitrogens is 1. The van der Waals surface area contributed by atoms with Gasteiger partial charge in [0, 0.05) is 17.7 Å². The summed E-state index contributed by atoms with van der Waals surface area (Å²) in [4.78, 5) is 14.0. The Morgan fingerprint density at radius 1 is 1.00 bits per heavy atom. The van der Waals surface area contributed by atoms with E-state index in [0.29, 0.717) is 12.2 Å². The maximum absolute atomic E-state index is 12.5. The van der Waals surface area contributed by atoms with Gasteiger partial charge >= 0.3 is 0 Å². The van der Waals surface area contributed by atoms with Gasteiger partial charge in [-0.25, -0.2) is 0 Å². The fourth-order valence-electron chi connectivity index (χ4n) is 3.14. The van der Waals surface area contributed by atoms with Crippen LogP contribution in [0.4, 0.5) is 0 Å². The second-order valence-corrected chi connectivity index (χ2v) is 6.62. The van der Waals surface area contributed by atoms with E-state index in [0.717, 1.165) is 36.5 Å². The fraction of sp³-hybridized carbons (Fsp3) is 0.273. The molecule has 0 fully saturated rings. The number of aromatic nitrogens is 2. The molecule has 0 bridgehead atoms. The van der Waals surface area contributed by atoms with Crippen LogP contribution in [0.5, 0.6) is 0 Å². The minimum atomic E-state index is -0.144. The van der Waals surface area contributed by atoms with Crippen LogP contribution in [0.2, 0.25) is 0 Å². The number of carbonyl (C=O) groups is 1. The van der Waals surface area contributed by atoms with Gasteiger partial charge < -0.3 is 10.2 Å². The van der Waals surface area contributed by atoms with Crippen molar-refractivity contribution in [3.8, 4) is 11.3 Å². The molecule has 0 saturated heterocycles. The molecule has 3 rings (SSSR count). The first-order valence-corrected chi connectivity index (χ1v) is 9.50. The molecule has 5 nitrogen and oxygen atoms in total. The fourth-order valence-corrected chi connectivity index (χ4v) is 3.14. The summed E-state index contributed by atoms with van der Waals surface area (Å²) in [5.74, 6) is -0.144. The van der Waals surface area contributed by atoms with Crippen LogP contribution in [-0.2, 0) is 13.1 Å². The van der Waals surface area contributed by atoms with Crippen molar-refractivity contribution < 1.29 is 9.69 Å². The molecule has 0 atom stereocenters. The number of hydrogen-bond acceptors (Lipinski definition) is 2. The SMILES string of the molecule is CC[NH+](CC)Cc1ccccc1CNC(=O)c1cc(-c2ccccc2)n[nH]1. The zero-order valence-corrected chi connectivity index (χ0v) is 16.0. The van der Waals surface area contributed by atoms with E-state index < -0.39 is 0 Å². The standard InChI is InChI=1S/C22H26N4O/c1-3-26(4-2)16-19-13-9-8-12-18(19)15-23-22(27)21-14-20(24-25-21)17-10-6-5-7-11-17/h5-14H,3-4,15-16H2,1-2H3,(H,23,27)(H,24,25)/p+1. The lowest BCUT2D eigenvalue weighted by molar-refractivity contribution is -0.910. The van der Waals surface area contributed by atoms with E-state index in [1.807, 2.05) is 36.4 Å². The van der Waals surface area contributed by atoms with E-state index in [9.17, 15) is 4.79 Å². The van der Waals surface area contributed by atoms with Crippen molar-refractivity contribution in [2.45, 2.75) is 26.9 Å². The molecule has 1 amide bonds. The number of carbonyl (C=O) groups excluding carboxylic acids is 1. The molecule has 0 aliphatic rings. The molecule has 0 aliphatic carbocycles. The molecule has 0 saturated carbocycles. The van der Waals surface area contributed by atoms with Crippen molar-refractivity contribution in [1.29, 1.82) is 0 Å². The molecule has 5 heteroatoms. The van der Waals surface area contributed by atoms with Gasteiger partial charge in [0.1, 0.15) is 12.2 Å². The number of amides is 1. The number of nitrogens with one attached hydrogen (secondary N) is 3. The van der Waals surface area contributed by atoms with Gasteiger partial charge in [-0.15, -0.1) is 0 Å². The van der Waals surface area contributed by atoms with Gasteiger partial charge in [-0.05, 0) is 25.5 Å². The lowest BCUT2D eigenvalue weighted by atomic mass is 10.1. The zero-order valence-electron chi connectivity index (χ0n) is 16.0. The average Bonchev–Trinajstić information content (AvgIpc) is 3.22. The predicted octanol–water partition coefficient (Wildman–Crippen LogP) is 2.43. The first-order valence-electron chi connectivity index (χ1n) is 9.50. The first kappa shape index (κ1) is 18.9. The molecule has 3 N–H and O–H groups in total. The molecule has 1 heterocycles. The second-order valence-electron chi connectivity index (χ2n) is 6.62. The van der Waals surface area contributed by atoms with Crippen molar-refractivity contribution in [3.05, 3.63) is 77.5 Å². The lowest BCUT2D eigenvalue weighted by Crippen LogP contribution is -3.10. The topological polar surface area (TPSA) is 62.2 Å². The van der Waals surface area contributed by atoms with Crippen LogP contribution in [0, 0.1) is 0 Å². The highest BCUT2D eigenvalue weighted by Crippen LogP contribution is 2.17. The summed E-state index contributed by atoms with van der Waals surface area (Å²) in [5.41, 5.74) is 4.67. The van der Waals surface area contributed by atoms with E-state index in [1.165, 1.54) is 10.5 Å². The Balaban J connectivity index is 1.65. The number of quaternary nitrogens is 1. The van der Waals surface area contributed by atoms with Crippen molar-refractivity contribution in [1.82, 2.24) is 15.5 Å². The normalized spacial score (nSPS) is 10.9. The van der Waals surface area contributed by atoms with Crippen molar-refractivity contribution in [3.63, 3.8) is 0 Å². The Morgan fingerprint density at radius 2 is 1.67 bits per heavy atom. The molecule has 3 aromatic rings. The van der Waals surface area contributed by atoms with E-state index >= 15 is 0 Å². The van der Waals surface area contributed by atoms with Crippen LogP contribution in [0.3, 0.4) is 0 Å². The molecule has 1 aromatic heterocycles. The minimum absolute atomic E-state index is 0.144. The largest absolute Gasteiger partial charge is 0.347 e. The Morgan fingerprint density at radius 3 is 2.37 bits per heavy atom. The zero-order chi connectivity index (χ0) is 19.1. The van der Waals surface area contributed by atoms with Gasteiger partial charge in [0.2, 0.25) is 0 Å². The smallest absolute Gasteiger partial charge is 0.269 e. The van der Waals surface area contributed by atoms with Crippen molar-refractivity contribution >= 4 is 5.91 Å². The van der Waals surface area contributed by atoms with Crippen LogP contribution < -0.4 is 10.2 Å². The molecule has 2 aromatic carbocycles. The Kier molecular flexibility index (Phi) is 6.39. The minimum Gasteiger partial charge on any atom is -0.347 e. The van der Waals surface area contributed by atoms with E-state index in [4.69, 9.17) is 0 Å². The van der Waals surface area contributed by atoms with Crippen LogP contribution in [-0.4, -0.2) is 29.2 Å². The number of aromatic amines is 1. The average molecular weight is 363 g/mol. The Hall–Kier alpha value is -2.92. The quantitative estimate of drug-likeness (QED) is 0.576. The summed E-state index contributed by atoms with van der Waals surface area (Å²) in [6.45, 7) is 8.06. The number of rotatable bonds is 8. The summed E-state index contributed by atoms with van der Waals surface area (Å²) in [6, 6.07) is 19.9. The predicted molar refractivity (Wildman–Crippen MR) is 107 cm³/mol. The third-order valence-corrected chi connectivity index (χ3v) is 4.89. The third-order valence-electron chi connectivity index (χ3n) is 4.89. The van der Waals surface area contributed by atoms with Gasteiger partial charge in [-0.3, -0.25) is 9.89 Å². The monoisotopic (exact) mass is 363 g/mol. The maximum Gasteiger partial charge on any atom is 0.269 e. The van der Waals surface area contributed by atoms with E-state index in [-0.39, 0.29) is 5.91 Å². The number of benzene rings is 2. The molecule has 140 valence electrons. The summed E-state index contributed by atoms with van der Waals surface area (Å²) in [5, 5.41) is 10.1. The summed E-state index contributed by atoms with van der Waals surface area (Å²) >= 11 is 0. The Bertz CT molecular complexity index is 869. The van der Waals surface area contributed by atoms with Crippen LogP contribution in [0.1, 0.15) is 35.5 Å². The molecule has 27 heavy (non-hydrogen) atoms. The van der Waals surface area contributed by atoms with E-state index in [1.54, 1.807) is 6.07 Å². The van der Waals surface area contributed by atoms with Gasteiger partial charge in [0.15, 0.2) is 0 Å². The third kappa shape index (κ3) is 4.83. The number of nitrogens with zero attached hydrogens (tertiary/aromatic N) is 1. The summed E-state index contributed by atoms with van der Waals surface area (Å²) in [7, 11) is 0. The highest BCUT2D eigenvalue weighted by molar-refractivity contribution is 5.93. The second kappa shape index (κ2) is 9.14.